The highest BCUT2D eigenvalue weighted by molar-refractivity contribution is 5.36. The Labute approximate surface area is 102 Å². The summed E-state index contributed by atoms with van der Waals surface area (Å²) < 4.78 is 0. The molecule has 0 aromatic carbocycles. The Morgan fingerprint density at radius 3 is 2.71 bits per heavy atom. The fourth-order valence-corrected chi connectivity index (χ4v) is 2.15. The molecule has 0 saturated carbocycles. The third-order valence-corrected chi connectivity index (χ3v) is 3.09. The molecule has 6 heteroatoms. The van der Waals surface area contributed by atoms with Crippen molar-refractivity contribution in [2.75, 3.05) is 37.3 Å². The third-order valence-electron chi connectivity index (χ3n) is 3.09. The minimum atomic E-state index is 0.318. The minimum absolute atomic E-state index is 0.318. The normalized spacial score (nSPS) is 21.8. The molecule has 94 valence electrons. The number of piperazine rings is 1. The zero-order valence-corrected chi connectivity index (χ0v) is 10.7. The molecule has 0 spiro atoms. The highest BCUT2D eigenvalue weighted by Gasteiger charge is 2.24. The zero-order chi connectivity index (χ0) is 12.4. The molecule has 1 fully saturated rings. The molecule has 0 amide bonds. The van der Waals surface area contributed by atoms with Gasteiger partial charge in [-0.2, -0.15) is 15.0 Å². The molecular weight excluding hydrogens is 216 g/mol. The van der Waals surface area contributed by atoms with E-state index >= 15 is 0 Å². The van der Waals surface area contributed by atoms with Gasteiger partial charge in [-0.25, -0.2) is 0 Å². The van der Waals surface area contributed by atoms with Gasteiger partial charge in [0.2, 0.25) is 11.9 Å². The van der Waals surface area contributed by atoms with Crippen LogP contribution in [0.2, 0.25) is 0 Å². The van der Waals surface area contributed by atoms with E-state index in [-0.39, 0.29) is 0 Å². The van der Waals surface area contributed by atoms with Crippen LogP contribution in [0, 0.1) is 0 Å². The van der Waals surface area contributed by atoms with E-state index in [1.54, 1.807) is 0 Å². The standard InChI is InChI=1S/C11H20N6/c1-4-9-13-10(12)15-11(14-9)17-6-5-16(3)7-8(17)2/h8H,4-7H2,1-3H3,(H2,12,13,14,15). The fraction of sp³-hybridized carbons (Fsp3) is 0.727. The molecule has 1 aromatic rings. The number of aryl methyl sites for hydroxylation is 1. The van der Waals surface area contributed by atoms with Gasteiger partial charge in [-0.15, -0.1) is 0 Å². The van der Waals surface area contributed by atoms with E-state index < -0.39 is 0 Å². The molecule has 1 aliphatic heterocycles. The van der Waals surface area contributed by atoms with Crippen molar-refractivity contribution in [3.05, 3.63) is 5.82 Å². The summed E-state index contributed by atoms with van der Waals surface area (Å²) in [5, 5.41) is 0. The highest BCUT2D eigenvalue weighted by Crippen LogP contribution is 2.16. The van der Waals surface area contributed by atoms with E-state index in [1.807, 2.05) is 6.92 Å². The van der Waals surface area contributed by atoms with Gasteiger partial charge in [-0.05, 0) is 14.0 Å². The predicted molar refractivity (Wildman–Crippen MR) is 67.9 cm³/mol. The van der Waals surface area contributed by atoms with Gasteiger partial charge in [0.25, 0.3) is 0 Å². The van der Waals surface area contributed by atoms with Crippen LogP contribution in [0.25, 0.3) is 0 Å². The number of aromatic nitrogens is 3. The van der Waals surface area contributed by atoms with E-state index in [4.69, 9.17) is 5.73 Å². The molecule has 2 heterocycles. The number of nitrogens with zero attached hydrogens (tertiary/aromatic N) is 5. The van der Waals surface area contributed by atoms with E-state index in [1.165, 1.54) is 0 Å². The first-order chi connectivity index (χ1) is 8.10. The number of hydrogen-bond acceptors (Lipinski definition) is 6. The molecule has 0 bridgehead atoms. The maximum Gasteiger partial charge on any atom is 0.230 e. The molecule has 17 heavy (non-hydrogen) atoms. The predicted octanol–water partition coefficient (Wildman–Crippen LogP) is 0.157. The average molecular weight is 236 g/mol. The van der Waals surface area contributed by atoms with E-state index in [0.29, 0.717) is 12.0 Å². The maximum absolute atomic E-state index is 5.72. The number of anilines is 2. The largest absolute Gasteiger partial charge is 0.368 e. The number of hydrogen-bond donors (Lipinski definition) is 1. The SMILES string of the molecule is CCc1nc(N)nc(N2CCN(C)CC2C)n1. The summed E-state index contributed by atoms with van der Waals surface area (Å²) in [6.45, 7) is 7.18. The summed E-state index contributed by atoms with van der Waals surface area (Å²) in [6, 6.07) is 0.403. The van der Waals surface area contributed by atoms with Gasteiger partial charge in [0.1, 0.15) is 5.82 Å². The lowest BCUT2D eigenvalue weighted by molar-refractivity contribution is 0.273. The Morgan fingerprint density at radius 2 is 2.06 bits per heavy atom. The van der Waals surface area contributed by atoms with Crippen LogP contribution < -0.4 is 10.6 Å². The Kier molecular flexibility index (Phi) is 3.42. The zero-order valence-electron chi connectivity index (χ0n) is 10.7. The minimum Gasteiger partial charge on any atom is -0.368 e. The molecule has 0 aliphatic carbocycles. The number of nitrogens with two attached hydrogens (primary N) is 1. The Balaban J connectivity index is 2.24. The van der Waals surface area contributed by atoms with E-state index in [0.717, 1.165) is 37.8 Å². The van der Waals surface area contributed by atoms with Crippen LogP contribution in [0.5, 0.6) is 0 Å². The van der Waals surface area contributed by atoms with Gasteiger partial charge in [-0.1, -0.05) is 6.92 Å². The lowest BCUT2D eigenvalue weighted by Crippen LogP contribution is -2.51. The number of nitrogen functional groups attached to an aromatic ring is 1. The van der Waals surface area contributed by atoms with Gasteiger partial charge < -0.3 is 15.5 Å². The van der Waals surface area contributed by atoms with Crippen LogP contribution in [-0.4, -0.2) is 52.6 Å². The molecule has 1 atom stereocenters. The van der Waals surface area contributed by atoms with Crippen LogP contribution in [0.1, 0.15) is 19.7 Å². The van der Waals surface area contributed by atoms with Crippen LogP contribution in [-0.2, 0) is 6.42 Å². The molecule has 1 unspecified atom stereocenters. The first kappa shape index (κ1) is 12.0. The maximum atomic E-state index is 5.72. The second-order valence-electron chi connectivity index (χ2n) is 4.57. The van der Waals surface area contributed by atoms with Crippen molar-refractivity contribution in [2.45, 2.75) is 26.3 Å². The molecule has 2 rings (SSSR count). The summed E-state index contributed by atoms with van der Waals surface area (Å²) in [6.07, 6.45) is 0.780. The first-order valence-corrected chi connectivity index (χ1v) is 6.05. The Morgan fingerprint density at radius 1 is 1.29 bits per heavy atom. The van der Waals surface area contributed by atoms with Gasteiger partial charge in [0.05, 0.1) is 0 Å². The molecule has 6 nitrogen and oxygen atoms in total. The Hall–Kier alpha value is -1.43. The van der Waals surface area contributed by atoms with Crippen molar-refractivity contribution in [3.63, 3.8) is 0 Å². The van der Waals surface area contributed by atoms with Crippen LogP contribution in [0.3, 0.4) is 0 Å². The average Bonchev–Trinajstić information content (AvgIpc) is 2.28. The summed E-state index contributed by atoms with van der Waals surface area (Å²) in [7, 11) is 2.13. The molecule has 0 radical (unpaired) electrons. The van der Waals surface area contributed by atoms with Crippen molar-refractivity contribution in [2.24, 2.45) is 0 Å². The lowest BCUT2D eigenvalue weighted by Gasteiger charge is -2.38. The highest BCUT2D eigenvalue weighted by atomic mass is 15.3. The lowest BCUT2D eigenvalue weighted by atomic mass is 10.2. The summed E-state index contributed by atoms with van der Waals surface area (Å²) in [5.74, 6) is 1.80. The quantitative estimate of drug-likeness (QED) is 0.788. The molecular formula is C11H20N6. The van der Waals surface area contributed by atoms with Gasteiger partial charge in [-0.3, -0.25) is 0 Å². The smallest absolute Gasteiger partial charge is 0.230 e. The third kappa shape index (κ3) is 2.63. The second kappa shape index (κ2) is 4.83. The van der Waals surface area contributed by atoms with Crippen LogP contribution >= 0.6 is 0 Å². The van der Waals surface area contributed by atoms with Gasteiger partial charge in [0, 0.05) is 32.1 Å². The van der Waals surface area contributed by atoms with Crippen molar-refractivity contribution < 1.29 is 0 Å². The number of rotatable bonds is 2. The number of likely N-dealkylation sites (N-methyl/N-ethyl adjacent to an activating group) is 1. The van der Waals surface area contributed by atoms with Crippen molar-refractivity contribution in [1.29, 1.82) is 0 Å². The summed E-state index contributed by atoms with van der Waals surface area (Å²) in [5.41, 5.74) is 5.72. The summed E-state index contributed by atoms with van der Waals surface area (Å²) in [4.78, 5) is 17.3. The Bertz CT molecular complexity index is 394. The monoisotopic (exact) mass is 236 g/mol. The second-order valence-corrected chi connectivity index (χ2v) is 4.57. The molecule has 1 saturated heterocycles. The van der Waals surface area contributed by atoms with Crippen molar-refractivity contribution in [3.8, 4) is 0 Å². The van der Waals surface area contributed by atoms with Crippen LogP contribution in [0.4, 0.5) is 11.9 Å². The molecule has 1 aliphatic rings. The van der Waals surface area contributed by atoms with Crippen molar-refractivity contribution >= 4 is 11.9 Å². The van der Waals surface area contributed by atoms with Crippen LogP contribution in [0.15, 0.2) is 0 Å². The molecule has 1 aromatic heterocycles. The van der Waals surface area contributed by atoms with Gasteiger partial charge in [0.15, 0.2) is 0 Å². The van der Waals surface area contributed by atoms with Gasteiger partial charge >= 0.3 is 0 Å². The van der Waals surface area contributed by atoms with E-state index in [2.05, 4.69) is 38.7 Å². The topological polar surface area (TPSA) is 71.2 Å². The van der Waals surface area contributed by atoms with Crippen molar-refractivity contribution in [1.82, 2.24) is 19.9 Å². The first-order valence-electron chi connectivity index (χ1n) is 6.05. The summed E-state index contributed by atoms with van der Waals surface area (Å²) >= 11 is 0. The fourth-order valence-electron chi connectivity index (χ4n) is 2.15. The molecule has 2 N–H and O–H groups in total. The van der Waals surface area contributed by atoms with E-state index in [9.17, 15) is 0 Å².